The van der Waals surface area contributed by atoms with E-state index in [0.717, 1.165) is 11.5 Å². The Hall–Kier alpha value is -2.15. The van der Waals surface area contributed by atoms with Gasteiger partial charge in [0.1, 0.15) is 0 Å². The Balaban J connectivity index is 1.65. The predicted molar refractivity (Wildman–Crippen MR) is 72.2 cm³/mol. The molecule has 20 heavy (non-hydrogen) atoms. The van der Waals surface area contributed by atoms with Crippen molar-refractivity contribution >= 4 is 11.7 Å². The fourth-order valence-corrected chi connectivity index (χ4v) is 2.30. The molecule has 1 saturated heterocycles. The molecule has 2 amide bonds. The quantitative estimate of drug-likeness (QED) is 0.874. The van der Waals surface area contributed by atoms with E-state index in [1.807, 2.05) is 35.7 Å². The summed E-state index contributed by atoms with van der Waals surface area (Å²) in [6.45, 7) is 4.12. The summed E-state index contributed by atoms with van der Waals surface area (Å²) < 4.78 is 7.19. The Kier molecular flexibility index (Phi) is 3.51. The molecule has 1 aliphatic heterocycles. The van der Waals surface area contributed by atoms with Crippen LogP contribution in [0.2, 0.25) is 0 Å². The van der Waals surface area contributed by atoms with Crippen LogP contribution in [0.4, 0.5) is 4.79 Å². The van der Waals surface area contributed by atoms with Gasteiger partial charge < -0.3 is 15.0 Å². The van der Waals surface area contributed by atoms with E-state index in [-0.39, 0.29) is 12.1 Å². The number of aromatic nitrogens is 3. The fourth-order valence-electron chi connectivity index (χ4n) is 2.30. The van der Waals surface area contributed by atoms with Crippen LogP contribution in [0.1, 0.15) is 12.7 Å². The number of hydrogen-bond donors (Lipinski definition) is 1. The van der Waals surface area contributed by atoms with Crippen molar-refractivity contribution in [1.82, 2.24) is 24.8 Å². The molecule has 2 aromatic heterocycles. The molecule has 7 heteroatoms. The van der Waals surface area contributed by atoms with Crippen molar-refractivity contribution in [2.45, 2.75) is 19.5 Å². The SMILES string of the molecule is CC1COCCN1C(=O)NCc1nnc2ccccn12. The lowest BCUT2D eigenvalue weighted by Crippen LogP contribution is -2.51. The number of rotatable bonds is 2. The van der Waals surface area contributed by atoms with Crippen molar-refractivity contribution in [3.63, 3.8) is 0 Å². The average Bonchev–Trinajstić information content (AvgIpc) is 2.88. The van der Waals surface area contributed by atoms with Crippen LogP contribution in [-0.2, 0) is 11.3 Å². The first kappa shape index (κ1) is 12.9. The number of pyridine rings is 1. The normalized spacial score (nSPS) is 19.2. The van der Waals surface area contributed by atoms with Gasteiger partial charge in [0.15, 0.2) is 11.5 Å². The van der Waals surface area contributed by atoms with Gasteiger partial charge in [0.05, 0.1) is 25.8 Å². The largest absolute Gasteiger partial charge is 0.377 e. The number of carbonyl (C=O) groups is 1. The molecule has 3 heterocycles. The molecule has 0 spiro atoms. The third-order valence-electron chi connectivity index (χ3n) is 3.41. The van der Waals surface area contributed by atoms with Gasteiger partial charge in [-0.25, -0.2) is 4.79 Å². The van der Waals surface area contributed by atoms with Gasteiger partial charge >= 0.3 is 6.03 Å². The van der Waals surface area contributed by atoms with E-state index in [2.05, 4.69) is 15.5 Å². The second-order valence-corrected chi connectivity index (χ2v) is 4.82. The molecule has 106 valence electrons. The summed E-state index contributed by atoms with van der Waals surface area (Å²) in [5.74, 6) is 0.717. The van der Waals surface area contributed by atoms with Gasteiger partial charge in [-0.1, -0.05) is 6.07 Å². The number of nitrogens with one attached hydrogen (secondary N) is 1. The first-order valence-electron chi connectivity index (χ1n) is 6.66. The van der Waals surface area contributed by atoms with E-state index < -0.39 is 0 Å². The second kappa shape index (κ2) is 5.46. The Labute approximate surface area is 116 Å². The molecule has 1 atom stereocenters. The Morgan fingerprint density at radius 2 is 2.40 bits per heavy atom. The van der Waals surface area contributed by atoms with Crippen molar-refractivity contribution in [3.8, 4) is 0 Å². The lowest BCUT2D eigenvalue weighted by molar-refractivity contribution is 0.0189. The Morgan fingerprint density at radius 1 is 1.50 bits per heavy atom. The summed E-state index contributed by atoms with van der Waals surface area (Å²) in [4.78, 5) is 13.9. The van der Waals surface area contributed by atoms with E-state index in [1.54, 1.807) is 4.90 Å². The highest BCUT2D eigenvalue weighted by Crippen LogP contribution is 2.07. The van der Waals surface area contributed by atoms with Crippen molar-refractivity contribution in [3.05, 3.63) is 30.2 Å². The highest BCUT2D eigenvalue weighted by Gasteiger charge is 2.23. The molecule has 0 saturated carbocycles. The van der Waals surface area contributed by atoms with Crippen LogP contribution in [0.5, 0.6) is 0 Å². The zero-order chi connectivity index (χ0) is 13.9. The van der Waals surface area contributed by atoms with Gasteiger partial charge in [0, 0.05) is 12.7 Å². The van der Waals surface area contributed by atoms with Crippen LogP contribution in [0.25, 0.3) is 5.65 Å². The van der Waals surface area contributed by atoms with E-state index in [4.69, 9.17) is 4.74 Å². The van der Waals surface area contributed by atoms with Gasteiger partial charge in [-0.05, 0) is 19.1 Å². The first-order chi connectivity index (χ1) is 9.75. The maximum absolute atomic E-state index is 12.1. The molecule has 0 aromatic carbocycles. The standard InChI is InChI=1S/C13H17N5O2/c1-10-9-20-7-6-17(10)13(19)14-8-12-16-15-11-4-2-3-5-18(11)12/h2-5,10H,6-9H2,1H3,(H,14,19). The minimum atomic E-state index is -0.0894. The van der Waals surface area contributed by atoms with E-state index in [9.17, 15) is 4.79 Å². The fraction of sp³-hybridized carbons (Fsp3) is 0.462. The van der Waals surface area contributed by atoms with Crippen molar-refractivity contribution in [2.24, 2.45) is 0 Å². The number of urea groups is 1. The summed E-state index contributed by atoms with van der Waals surface area (Å²) in [6, 6.07) is 5.70. The molecule has 1 unspecified atom stereocenters. The highest BCUT2D eigenvalue weighted by atomic mass is 16.5. The molecular weight excluding hydrogens is 258 g/mol. The molecular formula is C13H17N5O2. The number of nitrogens with zero attached hydrogens (tertiary/aromatic N) is 4. The van der Waals surface area contributed by atoms with Crippen LogP contribution in [0, 0.1) is 0 Å². The minimum Gasteiger partial charge on any atom is -0.377 e. The second-order valence-electron chi connectivity index (χ2n) is 4.82. The third kappa shape index (κ3) is 2.44. The summed E-state index contributed by atoms with van der Waals surface area (Å²) in [6.07, 6.45) is 1.88. The van der Waals surface area contributed by atoms with Gasteiger partial charge in [0.25, 0.3) is 0 Å². The molecule has 3 rings (SSSR count). The van der Waals surface area contributed by atoms with Gasteiger partial charge in [-0.3, -0.25) is 4.40 Å². The van der Waals surface area contributed by atoms with Crippen molar-refractivity contribution in [2.75, 3.05) is 19.8 Å². The molecule has 1 aliphatic rings. The van der Waals surface area contributed by atoms with Crippen LogP contribution >= 0.6 is 0 Å². The lowest BCUT2D eigenvalue weighted by Gasteiger charge is -2.33. The summed E-state index contributed by atoms with van der Waals surface area (Å²) in [5.41, 5.74) is 0.775. The van der Waals surface area contributed by atoms with E-state index in [0.29, 0.717) is 26.3 Å². The molecule has 0 radical (unpaired) electrons. The van der Waals surface area contributed by atoms with E-state index in [1.165, 1.54) is 0 Å². The maximum atomic E-state index is 12.1. The van der Waals surface area contributed by atoms with Crippen LogP contribution in [0.15, 0.2) is 24.4 Å². The zero-order valence-corrected chi connectivity index (χ0v) is 11.3. The summed E-state index contributed by atoms with van der Waals surface area (Å²) >= 11 is 0. The predicted octanol–water partition coefficient (Wildman–Crippen LogP) is 0.660. The molecule has 1 N–H and O–H groups in total. The molecule has 1 fully saturated rings. The van der Waals surface area contributed by atoms with Gasteiger partial charge in [-0.2, -0.15) is 0 Å². The van der Waals surface area contributed by atoms with Crippen molar-refractivity contribution in [1.29, 1.82) is 0 Å². The smallest absolute Gasteiger partial charge is 0.318 e. The van der Waals surface area contributed by atoms with Crippen LogP contribution in [0.3, 0.4) is 0 Å². The third-order valence-corrected chi connectivity index (χ3v) is 3.41. The lowest BCUT2D eigenvalue weighted by atomic mass is 10.3. The monoisotopic (exact) mass is 275 g/mol. The summed E-state index contributed by atoms with van der Waals surface area (Å²) in [5, 5.41) is 11.0. The van der Waals surface area contributed by atoms with Gasteiger partial charge in [0.2, 0.25) is 0 Å². The van der Waals surface area contributed by atoms with Crippen LogP contribution in [-0.4, -0.2) is 51.3 Å². The highest BCUT2D eigenvalue weighted by molar-refractivity contribution is 5.74. The number of morpholine rings is 1. The van der Waals surface area contributed by atoms with Crippen molar-refractivity contribution < 1.29 is 9.53 Å². The number of carbonyl (C=O) groups excluding carboxylic acids is 1. The number of hydrogen-bond acceptors (Lipinski definition) is 4. The number of ether oxygens (including phenoxy) is 1. The average molecular weight is 275 g/mol. The zero-order valence-electron chi connectivity index (χ0n) is 11.3. The molecule has 7 nitrogen and oxygen atoms in total. The van der Waals surface area contributed by atoms with Crippen LogP contribution < -0.4 is 5.32 Å². The topological polar surface area (TPSA) is 71.8 Å². The Bertz CT molecular complexity index is 612. The molecule has 0 aliphatic carbocycles. The molecule has 0 bridgehead atoms. The first-order valence-corrected chi connectivity index (χ1v) is 6.66. The van der Waals surface area contributed by atoms with E-state index >= 15 is 0 Å². The maximum Gasteiger partial charge on any atom is 0.318 e. The summed E-state index contributed by atoms with van der Waals surface area (Å²) in [7, 11) is 0. The Morgan fingerprint density at radius 3 is 3.25 bits per heavy atom. The number of amides is 2. The minimum absolute atomic E-state index is 0.0894. The number of fused-ring (bicyclic) bond motifs is 1. The van der Waals surface area contributed by atoms with Gasteiger partial charge in [-0.15, -0.1) is 10.2 Å². The molecule has 2 aromatic rings.